The minimum absolute atomic E-state index is 0.0461. The molecule has 4 rings (SSSR count). The molecule has 30 heavy (non-hydrogen) atoms. The van der Waals surface area contributed by atoms with Crippen molar-refractivity contribution in [1.82, 2.24) is 24.9 Å². The smallest absolute Gasteiger partial charge is 0.233 e. The number of phenolic OH excluding ortho intramolecular Hbond substituents is 1. The monoisotopic (exact) mass is 407 g/mol. The summed E-state index contributed by atoms with van der Waals surface area (Å²) in [4.78, 5) is 2.43. The fourth-order valence-corrected chi connectivity index (χ4v) is 4.40. The van der Waals surface area contributed by atoms with Crippen molar-refractivity contribution in [1.29, 1.82) is 0 Å². The standard InChI is InChI=1S/C23H29N5O2/c1-22(2)14-17(15-23(3,4)27(22)5)30-21-10-9-19(25-26-21)18-8-7-16(29)13-20(18)28-12-6-11-24-28/h6-13,17,29H,14-15H2,1-5H3. The molecule has 0 saturated carbocycles. The number of hydrogen-bond acceptors (Lipinski definition) is 6. The molecule has 1 N–H and O–H groups in total. The largest absolute Gasteiger partial charge is 0.508 e. The van der Waals surface area contributed by atoms with Gasteiger partial charge < -0.3 is 9.84 Å². The molecule has 0 aliphatic carbocycles. The minimum atomic E-state index is 0.0461. The first-order chi connectivity index (χ1) is 14.2. The van der Waals surface area contributed by atoms with Crippen molar-refractivity contribution in [3.8, 4) is 28.6 Å². The Morgan fingerprint density at radius 1 is 1.03 bits per heavy atom. The number of benzene rings is 1. The summed E-state index contributed by atoms with van der Waals surface area (Å²) in [6.07, 6.45) is 5.46. The highest BCUT2D eigenvalue weighted by atomic mass is 16.5. The van der Waals surface area contributed by atoms with Crippen LogP contribution < -0.4 is 4.74 Å². The molecule has 7 nitrogen and oxygen atoms in total. The lowest BCUT2D eigenvalue weighted by Gasteiger charge is -2.53. The third-order valence-corrected chi connectivity index (χ3v) is 6.21. The molecule has 3 heterocycles. The van der Waals surface area contributed by atoms with Crippen molar-refractivity contribution < 1.29 is 9.84 Å². The molecule has 1 fully saturated rings. The fraction of sp³-hybridized carbons (Fsp3) is 0.435. The quantitative estimate of drug-likeness (QED) is 0.703. The van der Waals surface area contributed by atoms with E-state index in [-0.39, 0.29) is 22.9 Å². The Morgan fingerprint density at radius 3 is 2.37 bits per heavy atom. The van der Waals surface area contributed by atoms with Crippen LogP contribution in [-0.4, -0.2) is 54.2 Å². The summed E-state index contributed by atoms with van der Waals surface area (Å²) in [7, 11) is 2.18. The Hall–Kier alpha value is -2.93. The van der Waals surface area contributed by atoms with Crippen LogP contribution in [-0.2, 0) is 0 Å². The Morgan fingerprint density at radius 2 is 1.77 bits per heavy atom. The molecule has 158 valence electrons. The lowest BCUT2D eigenvalue weighted by molar-refractivity contribution is -0.0569. The number of hydrogen-bond donors (Lipinski definition) is 1. The van der Waals surface area contributed by atoms with Gasteiger partial charge in [0.05, 0.1) is 11.4 Å². The van der Waals surface area contributed by atoms with E-state index in [9.17, 15) is 5.11 Å². The maximum atomic E-state index is 9.91. The van der Waals surface area contributed by atoms with Crippen LogP contribution in [0.5, 0.6) is 11.6 Å². The molecule has 7 heteroatoms. The second kappa shape index (κ2) is 7.40. The van der Waals surface area contributed by atoms with Crippen LogP contribution in [0, 0.1) is 0 Å². The molecule has 1 aliphatic heterocycles. The van der Waals surface area contributed by atoms with Gasteiger partial charge in [0.25, 0.3) is 0 Å². The molecular formula is C23H29N5O2. The summed E-state index contributed by atoms with van der Waals surface area (Å²) in [5, 5.41) is 22.9. The molecule has 0 amide bonds. The van der Waals surface area contributed by atoms with Gasteiger partial charge in [-0.05, 0) is 59.0 Å². The van der Waals surface area contributed by atoms with Crippen LogP contribution in [0.2, 0.25) is 0 Å². The van der Waals surface area contributed by atoms with Crippen LogP contribution in [0.1, 0.15) is 40.5 Å². The lowest BCUT2D eigenvalue weighted by Crippen LogP contribution is -2.60. The summed E-state index contributed by atoms with van der Waals surface area (Å²) in [5.74, 6) is 0.698. The summed E-state index contributed by atoms with van der Waals surface area (Å²) in [5.41, 5.74) is 2.35. The van der Waals surface area contributed by atoms with Crippen LogP contribution in [0.3, 0.4) is 0 Å². The van der Waals surface area contributed by atoms with Crippen LogP contribution >= 0.6 is 0 Å². The molecular weight excluding hydrogens is 378 g/mol. The zero-order valence-corrected chi connectivity index (χ0v) is 18.2. The highest BCUT2D eigenvalue weighted by molar-refractivity contribution is 5.71. The molecule has 0 radical (unpaired) electrons. The van der Waals surface area contributed by atoms with E-state index >= 15 is 0 Å². The van der Waals surface area contributed by atoms with Gasteiger partial charge in [-0.25, -0.2) is 4.68 Å². The Labute approximate surface area is 177 Å². The van der Waals surface area contributed by atoms with Gasteiger partial charge in [0.15, 0.2) is 0 Å². The molecule has 1 aromatic carbocycles. The van der Waals surface area contributed by atoms with Crippen LogP contribution in [0.15, 0.2) is 48.8 Å². The number of ether oxygens (including phenoxy) is 1. The lowest BCUT2D eigenvalue weighted by atomic mass is 9.79. The van der Waals surface area contributed by atoms with Gasteiger partial charge in [-0.3, -0.25) is 4.90 Å². The van der Waals surface area contributed by atoms with Gasteiger partial charge in [0.1, 0.15) is 11.9 Å². The van der Waals surface area contributed by atoms with Crippen LogP contribution in [0.4, 0.5) is 0 Å². The zero-order valence-electron chi connectivity index (χ0n) is 18.2. The second-order valence-corrected chi connectivity index (χ2v) is 9.24. The highest BCUT2D eigenvalue weighted by Crippen LogP contribution is 2.38. The molecule has 2 aromatic heterocycles. The van der Waals surface area contributed by atoms with Gasteiger partial charge in [0, 0.05) is 54.0 Å². The normalized spacial score (nSPS) is 19.0. The molecule has 0 atom stereocenters. The summed E-state index contributed by atoms with van der Waals surface area (Å²) in [6.45, 7) is 9.00. The Balaban J connectivity index is 1.56. The first-order valence-electron chi connectivity index (χ1n) is 10.2. The van der Waals surface area contributed by atoms with E-state index in [1.807, 2.05) is 30.5 Å². The van der Waals surface area contributed by atoms with Gasteiger partial charge in [-0.15, -0.1) is 10.2 Å². The Kier molecular flexibility index (Phi) is 5.02. The maximum absolute atomic E-state index is 9.91. The van der Waals surface area contributed by atoms with Crippen molar-refractivity contribution in [3.05, 3.63) is 48.8 Å². The van der Waals surface area contributed by atoms with Gasteiger partial charge in [-0.2, -0.15) is 5.10 Å². The van der Waals surface area contributed by atoms with Crippen molar-refractivity contribution in [3.63, 3.8) is 0 Å². The number of nitrogens with zero attached hydrogens (tertiary/aromatic N) is 5. The second-order valence-electron chi connectivity index (χ2n) is 9.24. The van der Waals surface area contributed by atoms with E-state index in [1.54, 1.807) is 23.0 Å². The average Bonchev–Trinajstić information content (AvgIpc) is 3.21. The number of rotatable bonds is 4. The van der Waals surface area contributed by atoms with Gasteiger partial charge in [-0.1, -0.05) is 0 Å². The summed E-state index contributed by atoms with van der Waals surface area (Å²) >= 11 is 0. The number of phenols is 1. The van der Waals surface area contributed by atoms with Crippen molar-refractivity contribution in [2.75, 3.05) is 7.05 Å². The SMILES string of the molecule is CN1C(C)(C)CC(Oc2ccc(-c3ccc(O)cc3-n3cccn3)nn2)CC1(C)C. The minimum Gasteiger partial charge on any atom is -0.508 e. The molecule has 0 spiro atoms. The molecule has 0 unspecified atom stereocenters. The topological polar surface area (TPSA) is 76.3 Å². The van der Waals surface area contributed by atoms with Crippen molar-refractivity contribution in [2.45, 2.75) is 57.7 Å². The first kappa shape index (κ1) is 20.3. The number of piperidine rings is 1. The number of likely N-dealkylation sites (tertiary alicyclic amines) is 1. The van der Waals surface area contributed by atoms with Crippen molar-refractivity contribution >= 4 is 0 Å². The maximum Gasteiger partial charge on any atom is 0.233 e. The van der Waals surface area contributed by atoms with E-state index in [0.717, 1.165) is 24.1 Å². The molecule has 1 aliphatic rings. The number of aromatic nitrogens is 4. The highest BCUT2D eigenvalue weighted by Gasteiger charge is 2.44. The third-order valence-electron chi connectivity index (χ3n) is 6.21. The van der Waals surface area contributed by atoms with E-state index < -0.39 is 0 Å². The van der Waals surface area contributed by atoms with Gasteiger partial charge >= 0.3 is 0 Å². The zero-order chi connectivity index (χ0) is 21.5. The van der Waals surface area contributed by atoms with E-state index in [4.69, 9.17) is 4.74 Å². The molecule has 1 saturated heterocycles. The molecule has 3 aromatic rings. The Bertz CT molecular complexity index is 995. The average molecular weight is 408 g/mol. The van der Waals surface area contributed by atoms with Gasteiger partial charge in [0.2, 0.25) is 5.88 Å². The summed E-state index contributed by atoms with van der Waals surface area (Å²) < 4.78 is 7.93. The van der Waals surface area contributed by atoms with E-state index in [0.29, 0.717) is 11.6 Å². The fourth-order valence-electron chi connectivity index (χ4n) is 4.40. The molecule has 0 bridgehead atoms. The van der Waals surface area contributed by atoms with Crippen molar-refractivity contribution in [2.24, 2.45) is 0 Å². The van der Waals surface area contributed by atoms with Crippen LogP contribution in [0.25, 0.3) is 16.9 Å². The predicted molar refractivity (Wildman–Crippen MR) is 116 cm³/mol. The predicted octanol–water partition coefficient (Wildman–Crippen LogP) is 4.07. The van der Waals surface area contributed by atoms with E-state index in [1.165, 1.54) is 0 Å². The number of aromatic hydroxyl groups is 1. The third kappa shape index (κ3) is 3.89. The van der Waals surface area contributed by atoms with E-state index in [2.05, 4.69) is 54.9 Å². The summed E-state index contributed by atoms with van der Waals surface area (Å²) in [6, 6.07) is 10.7. The first-order valence-corrected chi connectivity index (χ1v) is 10.2.